The summed E-state index contributed by atoms with van der Waals surface area (Å²) in [5.41, 5.74) is 0.480. The number of ether oxygens (including phenoxy) is 2. The minimum atomic E-state index is -0.387. The highest BCUT2D eigenvalue weighted by Crippen LogP contribution is 2.26. The zero-order chi connectivity index (χ0) is 15.1. The van der Waals surface area contributed by atoms with Gasteiger partial charge in [-0.15, -0.1) is 0 Å². The van der Waals surface area contributed by atoms with Crippen LogP contribution in [0.1, 0.15) is 30.1 Å². The smallest absolute Gasteiger partial charge is 0.343 e. The number of benzene rings is 2. The molecule has 2 aromatic rings. The van der Waals surface area contributed by atoms with Crippen molar-refractivity contribution in [2.45, 2.75) is 19.8 Å². The predicted molar refractivity (Wildman–Crippen MR) is 85.9 cm³/mol. The normalized spacial score (nSPS) is 10.2. The number of esters is 1. The van der Waals surface area contributed by atoms with Crippen LogP contribution in [0.25, 0.3) is 0 Å². The second-order valence-corrected chi connectivity index (χ2v) is 5.40. The van der Waals surface area contributed by atoms with Gasteiger partial charge in [-0.25, -0.2) is 4.79 Å². The van der Waals surface area contributed by atoms with E-state index in [1.807, 2.05) is 18.2 Å². The second-order valence-electron chi connectivity index (χ2n) is 4.55. The van der Waals surface area contributed by atoms with Crippen LogP contribution in [0.3, 0.4) is 0 Å². The Hall–Kier alpha value is -1.81. The van der Waals surface area contributed by atoms with Crippen LogP contribution in [0.5, 0.6) is 11.5 Å². The maximum absolute atomic E-state index is 12.1. The molecular formula is C17H17BrO3. The standard InChI is InChI=1S/C17H17BrO3/c1-2-3-11-20-16-10-9-13(12-15(16)18)17(19)21-14-7-5-4-6-8-14/h4-10,12H,2-3,11H2,1H3. The van der Waals surface area contributed by atoms with Crippen LogP contribution in [-0.2, 0) is 0 Å². The molecule has 0 aliphatic carbocycles. The van der Waals surface area contributed by atoms with Crippen molar-refractivity contribution in [2.75, 3.05) is 6.61 Å². The lowest BCUT2D eigenvalue weighted by atomic mass is 10.2. The van der Waals surface area contributed by atoms with E-state index in [1.54, 1.807) is 30.3 Å². The van der Waals surface area contributed by atoms with Crippen LogP contribution in [0.4, 0.5) is 0 Å². The van der Waals surface area contributed by atoms with Gasteiger partial charge in [0.1, 0.15) is 11.5 Å². The van der Waals surface area contributed by atoms with Gasteiger partial charge in [-0.1, -0.05) is 31.5 Å². The topological polar surface area (TPSA) is 35.5 Å². The summed E-state index contributed by atoms with van der Waals surface area (Å²) in [4.78, 5) is 12.1. The minimum Gasteiger partial charge on any atom is -0.492 e. The van der Waals surface area contributed by atoms with Crippen molar-refractivity contribution in [3.8, 4) is 11.5 Å². The van der Waals surface area contributed by atoms with Crippen LogP contribution in [0.2, 0.25) is 0 Å². The Bertz CT molecular complexity index is 596. The molecule has 0 fully saturated rings. The molecule has 0 heterocycles. The number of para-hydroxylation sites is 1. The summed E-state index contributed by atoms with van der Waals surface area (Å²) < 4.78 is 11.7. The molecule has 2 aromatic carbocycles. The Morgan fingerprint density at radius 2 is 1.90 bits per heavy atom. The Labute approximate surface area is 133 Å². The summed E-state index contributed by atoms with van der Waals surface area (Å²) in [7, 11) is 0. The monoisotopic (exact) mass is 348 g/mol. The number of halogens is 1. The molecule has 0 aliphatic rings. The highest BCUT2D eigenvalue weighted by atomic mass is 79.9. The van der Waals surface area contributed by atoms with Gasteiger partial charge in [0.05, 0.1) is 16.6 Å². The van der Waals surface area contributed by atoms with Gasteiger partial charge in [0.15, 0.2) is 0 Å². The molecule has 110 valence electrons. The van der Waals surface area contributed by atoms with E-state index in [4.69, 9.17) is 9.47 Å². The lowest BCUT2D eigenvalue weighted by Crippen LogP contribution is -2.08. The fraction of sp³-hybridized carbons (Fsp3) is 0.235. The molecule has 0 amide bonds. The van der Waals surface area contributed by atoms with Crippen LogP contribution >= 0.6 is 15.9 Å². The number of unbranched alkanes of at least 4 members (excludes halogenated alkanes) is 1. The van der Waals surface area contributed by atoms with E-state index in [-0.39, 0.29) is 5.97 Å². The van der Waals surface area contributed by atoms with Crippen molar-refractivity contribution >= 4 is 21.9 Å². The SMILES string of the molecule is CCCCOc1ccc(C(=O)Oc2ccccc2)cc1Br. The first-order valence-electron chi connectivity index (χ1n) is 6.90. The van der Waals surface area contributed by atoms with Crippen molar-refractivity contribution in [3.63, 3.8) is 0 Å². The van der Waals surface area contributed by atoms with Gasteiger partial charge >= 0.3 is 5.97 Å². The third-order valence-corrected chi connectivity index (χ3v) is 3.50. The molecule has 0 unspecified atom stereocenters. The zero-order valence-corrected chi connectivity index (χ0v) is 13.4. The van der Waals surface area contributed by atoms with E-state index in [9.17, 15) is 4.79 Å². The predicted octanol–water partition coefficient (Wildman–Crippen LogP) is 4.85. The molecule has 21 heavy (non-hydrogen) atoms. The van der Waals surface area contributed by atoms with E-state index in [1.165, 1.54) is 0 Å². The third kappa shape index (κ3) is 4.60. The quantitative estimate of drug-likeness (QED) is 0.425. The van der Waals surface area contributed by atoms with E-state index in [2.05, 4.69) is 22.9 Å². The molecule has 0 bridgehead atoms. The minimum absolute atomic E-state index is 0.387. The van der Waals surface area contributed by atoms with Crippen molar-refractivity contribution in [3.05, 3.63) is 58.6 Å². The lowest BCUT2D eigenvalue weighted by Gasteiger charge is -2.09. The van der Waals surface area contributed by atoms with Crippen LogP contribution in [0, 0.1) is 0 Å². The molecule has 0 saturated carbocycles. The average Bonchev–Trinajstić information content (AvgIpc) is 2.50. The van der Waals surface area contributed by atoms with Gasteiger partial charge in [-0.05, 0) is 52.7 Å². The molecule has 0 saturated heterocycles. The van der Waals surface area contributed by atoms with Crippen molar-refractivity contribution in [1.29, 1.82) is 0 Å². The summed E-state index contributed by atoms with van der Waals surface area (Å²) >= 11 is 3.42. The van der Waals surface area contributed by atoms with E-state index < -0.39 is 0 Å². The zero-order valence-electron chi connectivity index (χ0n) is 11.8. The molecule has 2 rings (SSSR count). The number of rotatable bonds is 6. The number of hydrogen-bond acceptors (Lipinski definition) is 3. The van der Waals surface area contributed by atoms with Gasteiger partial charge < -0.3 is 9.47 Å². The molecule has 0 aliphatic heterocycles. The fourth-order valence-electron chi connectivity index (χ4n) is 1.73. The number of hydrogen-bond donors (Lipinski definition) is 0. The molecule has 0 N–H and O–H groups in total. The maximum atomic E-state index is 12.1. The average molecular weight is 349 g/mol. The van der Waals surface area contributed by atoms with Gasteiger partial charge in [-0.3, -0.25) is 0 Å². The van der Waals surface area contributed by atoms with Crippen molar-refractivity contribution in [2.24, 2.45) is 0 Å². The van der Waals surface area contributed by atoms with Gasteiger partial charge in [0, 0.05) is 0 Å². The molecule has 0 aromatic heterocycles. The second kappa shape index (κ2) is 7.84. The summed E-state index contributed by atoms with van der Waals surface area (Å²) in [5, 5.41) is 0. The summed E-state index contributed by atoms with van der Waals surface area (Å²) in [6.45, 7) is 2.78. The molecule has 0 spiro atoms. The fourth-order valence-corrected chi connectivity index (χ4v) is 2.22. The highest BCUT2D eigenvalue weighted by Gasteiger charge is 2.11. The van der Waals surface area contributed by atoms with Crippen LogP contribution < -0.4 is 9.47 Å². The molecule has 4 heteroatoms. The van der Waals surface area contributed by atoms with Crippen LogP contribution in [0.15, 0.2) is 53.0 Å². The first-order valence-corrected chi connectivity index (χ1v) is 7.69. The van der Waals surface area contributed by atoms with Crippen molar-refractivity contribution in [1.82, 2.24) is 0 Å². The Balaban J connectivity index is 2.03. The molecule has 3 nitrogen and oxygen atoms in total. The largest absolute Gasteiger partial charge is 0.492 e. The summed E-state index contributed by atoms with van der Waals surface area (Å²) in [5.74, 6) is 0.878. The van der Waals surface area contributed by atoms with Crippen LogP contribution in [-0.4, -0.2) is 12.6 Å². The highest BCUT2D eigenvalue weighted by molar-refractivity contribution is 9.10. The number of carbonyl (C=O) groups excluding carboxylic acids is 1. The summed E-state index contributed by atoms with van der Waals surface area (Å²) in [6.07, 6.45) is 2.09. The molecular weight excluding hydrogens is 332 g/mol. The Morgan fingerprint density at radius 1 is 1.14 bits per heavy atom. The molecule has 0 radical (unpaired) electrons. The van der Waals surface area contributed by atoms with E-state index in [0.717, 1.165) is 23.1 Å². The van der Waals surface area contributed by atoms with Gasteiger partial charge in [0.25, 0.3) is 0 Å². The maximum Gasteiger partial charge on any atom is 0.343 e. The first kappa shape index (κ1) is 15.6. The van der Waals surface area contributed by atoms with E-state index in [0.29, 0.717) is 17.9 Å². The van der Waals surface area contributed by atoms with E-state index >= 15 is 0 Å². The third-order valence-electron chi connectivity index (χ3n) is 2.88. The summed E-state index contributed by atoms with van der Waals surface area (Å²) in [6, 6.07) is 14.2. The van der Waals surface area contributed by atoms with Gasteiger partial charge in [0.2, 0.25) is 0 Å². The van der Waals surface area contributed by atoms with Gasteiger partial charge in [-0.2, -0.15) is 0 Å². The Kier molecular flexibility index (Phi) is 5.81. The lowest BCUT2D eigenvalue weighted by molar-refractivity contribution is 0.0734. The Morgan fingerprint density at radius 3 is 2.57 bits per heavy atom. The first-order chi connectivity index (χ1) is 10.2. The number of carbonyl (C=O) groups is 1. The molecule has 0 atom stereocenters. The van der Waals surface area contributed by atoms with Crippen molar-refractivity contribution < 1.29 is 14.3 Å².